The monoisotopic (exact) mass is 232 g/mol. The van der Waals surface area contributed by atoms with Crippen LogP contribution in [-0.4, -0.2) is 21.4 Å². The molecule has 17 heavy (non-hydrogen) atoms. The molecule has 0 saturated heterocycles. The molecule has 2 rings (SSSR count). The third-order valence-corrected chi connectivity index (χ3v) is 2.41. The fourth-order valence-electron chi connectivity index (χ4n) is 1.64. The van der Waals surface area contributed by atoms with Crippen LogP contribution in [0.3, 0.4) is 0 Å². The highest BCUT2D eigenvalue weighted by molar-refractivity contribution is 5.56. The fourth-order valence-corrected chi connectivity index (χ4v) is 1.64. The van der Waals surface area contributed by atoms with E-state index < -0.39 is 0 Å². The van der Waals surface area contributed by atoms with Crippen molar-refractivity contribution in [1.29, 1.82) is 0 Å². The van der Waals surface area contributed by atoms with E-state index in [1.165, 1.54) is 0 Å². The largest absolute Gasteiger partial charge is 0.494 e. The predicted molar refractivity (Wildman–Crippen MR) is 65.5 cm³/mol. The maximum Gasteiger partial charge on any atom is 0.164 e. The summed E-state index contributed by atoms with van der Waals surface area (Å²) >= 11 is 0. The summed E-state index contributed by atoms with van der Waals surface area (Å²) in [7, 11) is 1.86. The molecule has 0 atom stereocenters. The van der Waals surface area contributed by atoms with Crippen LogP contribution in [0.15, 0.2) is 24.3 Å². The van der Waals surface area contributed by atoms with Crippen LogP contribution in [0.1, 0.15) is 12.7 Å². The van der Waals surface area contributed by atoms with Crippen LogP contribution in [0.25, 0.3) is 11.4 Å². The molecule has 5 heteroatoms. The molecule has 0 unspecified atom stereocenters. The molecule has 0 fully saturated rings. The van der Waals surface area contributed by atoms with E-state index >= 15 is 0 Å². The highest BCUT2D eigenvalue weighted by Crippen LogP contribution is 2.20. The lowest BCUT2D eigenvalue weighted by atomic mass is 10.2. The first-order chi connectivity index (χ1) is 8.24. The van der Waals surface area contributed by atoms with Crippen molar-refractivity contribution in [2.24, 2.45) is 12.8 Å². The maximum absolute atomic E-state index is 5.52. The Labute approximate surface area is 100 Å². The number of benzene rings is 1. The number of rotatable bonds is 4. The van der Waals surface area contributed by atoms with E-state index in [0.29, 0.717) is 19.0 Å². The molecule has 0 amide bonds. The third-order valence-electron chi connectivity index (χ3n) is 2.41. The van der Waals surface area contributed by atoms with E-state index in [-0.39, 0.29) is 0 Å². The first-order valence-electron chi connectivity index (χ1n) is 5.57. The van der Waals surface area contributed by atoms with Crippen LogP contribution >= 0.6 is 0 Å². The van der Waals surface area contributed by atoms with Gasteiger partial charge < -0.3 is 10.5 Å². The predicted octanol–water partition coefficient (Wildman–Crippen LogP) is 1.34. The summed E-state index contributed by atoms with van der Waals surface area (Å²) in [6, 6.07) is 7.79. The van der Waals surface area contributed by atoms with Gasteiger partial charge in [0.15, 0.2) is 11.6 Å². The van der Waals surface area contributed by atoms with Gasteiger partial charge in [-0.25, -0.2) is 9.67 Å². The Morgan fingerprint density at radius 3 is 2.53 bits per heavy atom. The molecule has 0 aliphatic carbocycles. The van der Waals surface area contributed by atoms with Gasteiger partial charge in [-0.05, 0) is 31.2 Å². The van der Waals surface area contributed by atoms with E-state index in [0.717, 1.165) is 17.1 Å². The van der Waals surface area contributed by atoms with Gasteiger partial charge in [0, 0.05) is 12.6 Å². The van der Waals surface area contributed by atoms with Crippen molar-refractivity contribution in [2.75, 3.05) is 6.61 Å². The molecular formula is C12H16N4O. The van der Waals surface area contributed by atoms with Gasteiger partial charge in [-0.3, -0.25) is 0 Å². The van der Waals surface area contributed by atoms with E-state index in [1.54, 1.807) is 4.68 Å². The van der Waals surface area contributed by atoms with Crippen molar-refractivity contribution in [1.82, 2.24) is 14.8 Å². The molecular weight excluding hydrogens is 216 g/mol. The summed E-state index contributed by atoms with van der Waals surface area (Å²) in [5.41, 5.74) is 6.52. The van der Waals surface area contributed by atoms with Crippen molar-refractivity contribution in [3.05, 3.63) is 30.1 Å². The van der Waals surface area contributed by atoms with E-state index in [1.807, 2.05) is 38.2 Å². The zero-order valence-electron chi connectivity index (χ0n) is 10.1. The van der Waals surface area contributed by atoms with Crippen LogP contribution in [0.5, 0.6) is 5.75 Å². The van der Waals surface area contributed by atoms with Crippen LogP contribution in [0.2, 0.25) is 0 Å². The minimum Gasteiger partial charge on any atom is -0.494 e. The first-order valence-corrected chi connectivity index (χ1v) is 5.57. The van der Waals surface area contributed by atoms with Crippen LogP contribution in [-0.2, 0) is 13.6 Å². The van der Waals surface area contributed by atoms with Gasteiger partial charge in [0.1, 0.15) is 5.75 Å². The van der Waals surface area contributed by atoms with Crippen molar-refractivity contribution in [2.45, 2.75) is 13.5 Å². The van der Waals surface area contributed by atoms with Gasteiger partial charge in [0.2, 0.25) is 0 Å². The van der Waals surface area contributed by atoms with E-state index in [9.17, 15) is 0 Å². The van der Waals surface area contributed by atoms with Gasteiger partial charge in [-0.15, -0.1) is 0 Å². The quantitative estimate of drug-likeness (QED) is 0.863. The summed E-state index contributed by atoms with van der Waals surface area (Å²) < 4.78 is 7.12. The first kappa shape index (κ1) is 11.6. The Morgan fingerprint density at radius 1 is 1.29 bits per heavy atom. The molecule has 0 saturated carbocycles. The maximum atomic E-state index is 5.52. The molecule has 0 radical (unpaired) electrons. The number of aryl methyl sites for hydroxylation is 1. The molecule has 0 spiro atoms. The zero-order chi connectivity index (χ0) is 12.3. The molecule has 5 nitrogen and oxygen atoms in total. The minimum absolute atomic E-state index is 0.352. The van der Waals surface area contributed by atoms with Gasteiger partial charge in [0.05, 0.1) is 13.2 Å². The van der Waals surface area contributed by atoms with E-state index in [2.05, 4.69) is 10.1 Å². The number of ether oxygens (including phenoxy) is 1. The normalized spacial score (nSPS) is 10.5. The lowest BCUT2D eigenvalue weighted by Crippen LogP contribution is -1.99. The lowest BCUT2D eigenvalue weighted by Gasteiger charge is -2.04. The van der Waals surface area contributed by atoms with Gasteiger partial charge in [-0.1, -0.05) is 0 Å². The molecule has 90 valence electrons. The Morgan fingerprint density at radius 2 is 2.00 bits per heavy atom. The number of nitrogens with zero attached hydrogens (tertiary/aromatic N) is 3. The summed E-state index contributed by atoms with van der Waals surface area (Å²) in [5, 5.41) is 4.21. The van der Waals surface area contributed by atoms with Crippen molar-refractivity contribution in [3.8, 4) is 17.1 Å². The number of aromatic nitrogens is 3. The average molecular weight is 232 g/mol. The molecule has 1 heterocycles. The summed E-state index contributed by atoms with van der Waals surface area (Å²) in [6.07, 6.45) is 0. The highest BCUT2D eigenvalue weighted by atomic mass is 16.5. The number of hydrogen-bond donors (Lipinski definition) is 1. The Hall–Kier alpha value is -1.88. The second-order valence-electron chi connectivity index (χ2n) is 3.64. The molecule has 1 aromatic heterocycles. The Balaban J connectivity index is 2.29. The highest BCUT2D eigenvalue weighted by Gasteiger charge is 2.08. The minimum atomic E-state index is 0.352. The molecule has 0 aliphatic heterocycles. The SMILES string of the molecule is CCOc1ccc(-c2nc(CN)nn2C)cc1. The van der Waals surface area contributed by atoms with Crippen LogP contribution in [0.4, 0.5) is 0 Å². The smallest absolute Gasteiger partial charge is 0.164 e. The third kappa shape index (κ3) is 2.45. The molecule has 0 bridgehead atoms. The second kappa shape index (κ2) is 4.97. The fraction of sp³-hybridized carbons (Fsp3) is 0.333. The van der Waals surface area contributed by atoms with Crippen LogP contribution in [0, 0.1) is 0 Å². The van der Waals surface area contributed by atoms with Gasteiger partial charge in [0.25, 0.3) is 0 Å². The number of nitrogens with two attached hydrogens (primary N) is 1. The summed E-state index contributed by atoms with van der Waals surface area (Å²) in [4.78, 5) is 4.36. The van der Waals surface area contributed by atoms with Crippen molar-refractivity contribution in [3.63, 3.8) is 0 Å². The summed E-state index contributed by atoms with van der Waals surface area (Å²) in [5.74, 6) is 2.32. The van der Waals surface area contributed by atoms with Crippen molar-refractivity contribution < 1.29 is 4.74 Å². The standard InChI is InChI=1S/C12H16N4O/c1-3-17-10-6-4-9(5-7-10)12-14-11(8-13)15-16(12)2/h4-7H,3,8,13H2,1-2H3. The summed E-state index contributed by atoms with van der Waals surface area (Å²) in [6.45, 7) is 2.98. The Kier molecular flexibility index (Phi) is 3.39. The second-order valence-corrected chi connectivity index (χ2v) is 3.64. The molecule has 2 N–H and O–H groups in total. The molecule has 2 aromatic rings. The van der Waals surface area contributed by atoms with Crippen LogP contribution < -0.4 is 10.5 Å². The van der Waals surface area contributed by atoms with Gasteiger partial charge in [-0.2, -0.15) is 5.10 Å². The molecule has 0 aliphatic rings. The lowest BCUT2D eigenvalue weighted by molar-refractivity contribution is 0.340. The average Bonchev–Trinajstić information content (AvgIpc) is 2.72. The van der Waals surface area contributed by atoms with Crippen molar-refractivity contribution >= 4 is 0 Å². The molecule has 1 aromatic carbocycles. The Bertz CT molecular complexity index is 490. The van der Waals surface area contributed by atoms with Gasteiger partial charge >= 0.3 is 0 Å². The topological polar surface area (TPSA) is 66.0 Å². The van der Waals surface area contributed by atoms with E-state index in [4.69, 9.17) is 10.5 Å². The zero-order valence-corrected chi connectivity index (χ0v) is 10.1. The number of hydrogen-bond acceptors (Lipinski definition) is 4.